The molecule has 2 aromatic heterocycles. The number of carbonyl (C=O) groups is 1. The van der Waals surface area contributed by atoms with Crippen LogP contribution in [0.4, 0.5) is 16.1 Å². The molecule has 4 aromatic rings. The van der Waals surface area contributed by atoms with E-state index in [0.29, 0.717) is 34.5 Å². The van der Waals surface area contributed by atoms with Gasteiger partial charge in [0.2, 0.25) is 0 Å². The van der Waals surface area contributed by atoms with Crippen molar-refractivity contribution in [2.75, 3.05) is 29.4 Å². The summed E-state index contributed by atoms with van der Waals surface area (Å²) in [5.74, 6) is 0.820. The highest BCUT2D eigenvalue weighted by Crippen LogP contribution is 2.42. The number of aldehydes is 1. The molecule has 0 saturated carbocycles. The van der Waals surface area contributed by atoms with E-state index in [9.17, 15) is 9.18 Å². The Morgan fingerprint density at radius 2 is 1.94 bits per heavy atom. The van der Waals surface area contributed by atoms with Crippen molar-refractivity contribution in [3.63, 3.8) is 0 Å². The van der Waals surface area contributed by atoms with Gasteiger partial charge in [-0.25, -0.2) is 4.39 Å². The molecule has 2 aromatic carbocycles. The summed E-state index contributed by atoms with van der Waals surface area (Å²) in [5, 5.41) is 8.44. The molecule has 0 spiro atoms. The summed E-state index contributed by atoms with van der Waals surface area (Å²) in [7, 11) is 0. The van der Waals surface area contributed by atoms with Gasteiger partial charge in [-0.1, -0.05) is 18.2 Å². The fourth-order valence-corrected chi connectivity index (χ4v) is 5.36. The monoisotopic (exact) mass is 472 g/mol. The van der Waals surface area contributed by atoms with Crippen LogP contribution < -0.4 is 9.80 Å². The Labute approximate surface area is 202 Å². The quantitative estimate of drug-likeness (QED) is 0.403. The average Bonchev–Trinajstić information content (AvgIpc) is 3.51. The van der Waals surface area contributed by atoms with E-state index in [4.69, 9.17) is 4.42 Å². The summed E-state index contributed by atoms with van der Waals surface area (Å²) in [4.78, 5) is 22.8. The first kappa shape index (κ1) is 21.5. The van der Waals surface area contributed by atoms with E-state index in [1.54, 1.807) is 18.5 Å². The van der Waals surface area contributed by atoms with Crippen molar-refractivity contribution in [2.45, 2.75) is 26.3 Å². The number of aromatic nitrogens is 4. The second-order valence-corrected chi connectivity index (χ2v) is 9.24. The molecule has 0 bridgehead atoms. The Hall–Kier alpha value is -4.01. The van der Waals surface area contributed by atoms with Crippen LogP contribution in [0.15, 0.2) is 53.2 Å². The highest BCUT2D eigenvalue weighted by atomic mass is 19.1. The Morgan fingerprint density at radius 3 is 2.71 bits per heavy atom. The van der Waals surface area contributed by atoms with Gasteiger partial charge in [0, 0.05) is 31.1 Å². The first-order valence-electron chi connectivity index (χ1n) is 11.7. The van der Waals surface area contributed by atoms with Crippen molar-refractivity contribution >= 4 is 18.0 Å². The number of fused-ring (bicyclic) bond motifs is 1. The van der Waals surface area contributed by atoms with Gasteiger partial charge in [-0.15, -0.1) is 0 Å². The number of halogens is 1. The summed E-state index contributed by atoms with van der Waals surface area (Å²) in [6.07, 6.45) is 5.11. The average molecular weight is 473 g/mol. The van der Waals surface area contributed by atoms with Crippen LogP contribution >= 0.6 is 0 Å². The normalized spacial score (nSPS) is 19.4. The van der Waals surface area contributed by atoms with Crippen molar-refractivity contribution in [3.05, 3.63) is 71.4 Å². The number of hydrogen-bond donors (Lipinski definition) is 0. The van der Waals surface area contributed by atoms with E-state index < -0.39 is 0 Å². The number of aryl methyl sites for hydroxylation is 2. The van der Waals surface area contributed by atoms with Gasteiger partial charge in [-0.05, 0) is 44.0 Å². The Bertz CT molecular complexity index is 1400. The zero-order valence-corrected chi connectivity index (χ0v) is 19.6. The van der Waals surface area contributed by atoms with E-state index >= 15 is 0 Å². The number of benzene rings is 2. The van der Waals surface area contributed by atoms with E-state index in [0.717, 1.165) is 49.3 Å². The summed E-state index contributed by atoms with van der Waals surface area (Å²) in [6, 6.07) is 11.0. The summed E-state index contributed by atoms with van der Waals surface area (Å²) >= 11 is 0. The molecule has 9 heteroatoms. The Balaban J connectivity index is 1.29. The number of anilines is 2. The number of rotatable bonds is 5. The molecule has 0 amide bonds. The van der Waals surface area contributed by atoms with Gasteiger partial charge in [0.25, 0.3) is 6.01 Å². The van der Waals surface area contributed by atoms with Crippen molar-refractivity contribution < 1.29 is 13.6 Å². The predicted octanol–water partition coefficient (Wildman–Crippen LogP) is 4.21. The Morgan fingerprint density at radius 1 is 1.11 bits per heavy atom. The van der Waals surface area contributed by atoms with Crippen LogP contribution in [0.1, 0.15) is 28.0 Å². The third-order valence-corrected chi connectivity index (χ3v) is 7.13. The van der Waals surface area contributed by atoms with Crippen LogP contribution in [0.5, 0.6) is 0 Å². The van der Waals surface area contributed by atoms with Crippen LogP contribution in [0.2, 0.25) is 0 Å². The third kappa shape index (κ3) is 3.58. The molecule has 2 fully saturated rings. The number of carbonyl (C=O) groups excluding carboxylic acids is 1. The summed E-state index contributed by atoms with van der Waals surface area (Å²) < 4.78 is 19.9. The highest BCUT2D eigenvalue weighted by molar-refractivity contribution is 5.91. The molecule has 0 unspecified atom stereocenters. The zero-order chi connectivity index (χ0) is 24.1. The lowest BCUT2D eigenvalue weighted by molar-refractivity contribution is 0.112. The molecular weight excluding hydrogens is 447 g/mol. The first-order valence-corrected chi connectivity index (χ1v) is 11.7. The number of piperidine rings is 1. The lowest BCUT2D eigenvalue weighted by Crippen LogP contribution is -2.65. The minimum Gasteiger partial charge on any atom is -0.423 e. The number of oxazole rings is 1. The SMILES string of the molecule is Cc1ccc(-n2nccn2)c(C=O)c1N1C[C@H]2CCN(c3nc(C)c(-c4cccc(F)c4)o3)C[C@H]21. The Kier molecular flexibility index (Phi) is 5.12. The third-order valence-electron chi connectivity index (χ3n) is 7.13. The van der Waals surface area contributed by atoms with E-state index in [-0.39, 0.29) is 11.9 Å². The minimum absolute atomic E-state index is 0.229. The van der Waals surface area contributed by atoms with Gasteiger partial charge in [0.1, 0.15) is 5.82 Å². The second-order valence-electron chi connectivity index (χ2n) is 9.24. The molecule has 35 heavy (non-hydrogen) atoms. The molecule has 0 radical (unpaired) electrons. The molecule has 2 aliphatic heterocycles. The van der Waals surface area contributed by atoms with Crippen LogP contribution in [0.3, 0.4) is 0 Å². The van der Waals surface area contributed by atoms with Gasteiger partial charge in [0.05, 0.1) is 41.1 Å². The molecule has 2 aliphatic rings. The molecule has 0 aliphatic carbocycles. The molecule has 2 atom stereocenters. The lowest BCUT2D eigenvalue weighted by Gasteiger charge is -2.55. The van der Waals surface area contributed by atoms with Crippen LogP contribution in [-0.2, 0) is 0 Å². The fraction of sp³-hybridized carbons (Fsp3) is 0.308. The highest BCUT2D eigenvalue weighted by Gasteiger charge is 2.45. The van der Waals surface area contributed by atoms with Crippen LogP contribution in [0, 0.1) is 25.6 Å². The van der Waals surface area contributed by atoms with E-state index in [1.165, 1.54) is 16.9 Å². The van der Waals surface area contributed by atoms with Gasteiger partial charge >= 0.3 is 0 Å². The van der Waals surface area contributed by atoms with E-state index in [2.05, 4.69) is 25.0 Å². The van der Waals surface area contributed by atoms with Gasteiger partial charge in [-0.2, -0.15) is 20.0 Å². The van der Waals surface area contributed by atoms with Crippen molar-refractivity contribution in [3.8, 4) is 17.0 Å². The largest absolute Gasteiger partial charge is 0.423 e. The maximum atomic E-state index is 13.8. The number of nitrogens with zero attached hydrogens (tertiary/aromatic N) is 6. The second kappa shape index (κ2) is 8.33. The molecule has 4 heterocycles. The molecule has 2 saturated heterocycles. The maximum Gasteiger partial charge on any atom is 0.298 e. The topological polar surface area (TPSA) is 80.3 Å². The van der Waals surface area contributed by atoms with Crippen LogP contribution in [0.25, 0.3) is 17.0 Å². The predicted molar refractivity (Wildman–Crippen MR) is 130 cm³/mol. The van der Waals surface area contributed by atoms with Gasteiger partial charge in [0.15, 0.2) is 12.0 Å². The van der Waals surface area contributed by atoms with Gasteiger partial charge in [-0.3, -0.25) is 4.79 Å². The molecular formula is C26H25FN6O2. The lowest BCUT2D eigenvalue weighted by atomic mass is 9.81. The maximum absolute atomic E-state index is 13.8. The minimum atomic E-state index is -0.306. The molecule has 178 valence electrons. The number of hydrogen-bond acceptors (Lipinski definition) is 7. The van der Waals surface area contributed by atoms with Crippen molar-refractivity contribution in [2.24, 2.45) is 5.92 Å². The summed E-state index contributed by atoms with van der Waals surface area (Å²) in [5.41, 5.74) is 4.65. The zero-order valence-electron chi connectivity index (χ0n) is 19.6. The first-order chi connectivity index (χ1) is 17.0. The van der Waals surface area contributed by atoms with Crippen molar-refractivity contribution in [1.29, 1.82) is 0 Å². The molecule has 0 N–H and O–H groups in total. The van der Waals surface area contributed by atoms with Crippen LogP contribution in [-0.4, -0.2) is 51.9 Å². The standard InChI is InChI=1S/C26H25FN6O2/c1-16-6-7-22(33-28-9-10-29-33)21(15-34)24(16)32-13-19-8-11-31(14-23(19)32)26-30-17(2)25(35-26)18-4-3-5-20(27)12-18/h3-7,9-10,12,15,19,23H,8,11,13-14H2,1-2H3/t19-,23-/m1/s1. The van der Waals surface area contributed by atoms with Gasteiger partial charge < -0.3 is 14.2 Å². The fourth-order valence-electron chi connectivity index (χ4n) is 5.36. The van der Waals surface area contributed by atoms with E-state index in [1.807, 2.05) is 32.0 Å². The molecule has 6 rings (SSSR count). The smallest absolute Gasteiger partial charge is 0.298 e. The molecule has 8 nitrogen and oxygen atoms in total. The van der Waals surface area contributed by atoms with Crippen molar-refractivity contribution in [1.82, 2.24) is 20.0 Å². The summed E-state index contributed by atoms with van der Waals surface area (Å²) in [6.45, 7) is 6.38.